The minimum Gasteiger partial charge on any atom is -0.298 e. The standard InChI is InChI=1S/C22H20F3N3O3S/c1-14-5-3-8-20(15(14)2)28-32(30,31)19-11-9-16(10-12-19)21(29)27-26-18-7-4-6-17(13-18)22(23,24)25/h3-13,26,28H,1-2H3,(H,27,29). The van der Waals surface area contributed by atoms with Gasteiger partial charge >= 0.3 is 6.18 Å². The highest BCUT2D eigenvalue weighted by atomic mass is 32.2. The number of anilines is 2. The maximum absolute atomic E-state index is 12.8. The zero-order chi connectivity index (χ0) is 23.5. The van der Waals surface area contributed by atoms with Crippen molar-refractivity contribution in [2.24, 2.45) is 0 Å². The van der Waals surface area contributed by atoms with Gasteiger partial charge in [0.2, 0.25) is 0 Å². The SMILES string of the molecule is Cc1cccc(NS(=O)(=O)c2ccc(C(=O)NNc3cccc(C(F)(F)F)c3)cc2)c1C. The summed E-state index contributed by atoms with van der Waals surface area (Å²) in [6.45, 7) is 3.67. The average Bonchev–Trinajstić information content (AvgIpc) is 2.75. The van der Waals surface area contributed by atoms with Crippen LogP contribution in [0.4, 0.5) is 24.5 Å². The number of carbonyl (C=O) groups excluding carboxylic acids is 1. The van der Waals surface area contributed by atoms with Gasteiger partial charge in [-0.2, -0.15) is 13.2 Å². The average molecular weight is 463 g/mol. The molecule has 0 aliphatic carbocycles. The largest absolute Gasteiger partial charge is 0.416 e. The van der Waals surface area contributed by atoms with Crippen molar-refractivity contribution in [3.63, 3.8) is 0 Å². The van der Waals surface area contributed by atoms with Gasteiger partial charge in [-0.3, -0.25) is 20.4 Å². The number of amides is 1. The third-order valence-electron chi connectivity index (χ3n) is 4.79. The number of sulfonamides is 1. The molecule has 32 heavy (non-hydrogen) atoms. The predicted molar refractivity (Wildman–Crippen MR) is 116 cm³/mol. The molecule has 0 aliphatic rings. The molecule has 0 saturated heterocycles. The smallest absolute Gasteiger partial charge is 0.298 e. The van der Waals surface area contributed by atoms with Gasteiger partial charge in [0.1, 0.15) is 0 Å². The van der Waals surface area contributed by atoms with Gasteiger partial charge < -0.3 is 0 Å². The van der Waals surface area contributed by atoms with Crippen molar-refractivity contribution in [1.82, 2.24) is 5.43 Å². The van der Waals surface area contributed by atoms with Gasteiger partial charge in [0.15, 0.2) is 0 Å². The number of nitrogens with one attached hydrogen (secondary N) is 3. The molecular weight excluding hydrogens is 443 g/mol. The van der Waals surface area contributed by atoms with Crippen LogP contribution in [0.5, 0.6) is 0 Å². The highest BCUT2D eigenvalue weighted by Crippen LogP contribution is 2.30. The zero-order valence-electron chi connectivity index (χ0n) is 17.1. The van der Waals surface area contributed by atoms with Crippen LogP contribution in [0.1, 0.15) is 27.0 Å². The predicted octanol–water partition coefficient (Wildman–Crippen LogP) is 4.88. The van der Waals surface area contributed by atoms with Crippen LogP contribution in [0.3, 0.4) is 0 Å². The molecule has 0 radical (unpaired) electrons. The fourth-order valence-electron chi connectivity index (χ4n) is 2.83. The van der Waals surface area contributed by atoms with Crippen LogP contribution in [0.15, 0.2) is 71.6 Å². The molecule has 3 rings (SSSR count). The maximum atomic E-state index is 12.8. The van der Waals surface area contributed by atoms with Gasteiger partial charge in [0.25, 0.3) is 15.9 Å². The van der Waals surface area contributed by atoms with Crippen LogP contribution in [0.2, 0.25) is 0 Å². The molecule has 1 amide bonds. The van der Waals surface area contributed by atoms with Gasteiger partial charge in [-0.15, -0.1) is 0 Å². The zero-order valence-corrected chi connectivity index (χ0v) is 17.9. The molecule has 3 N–H and O–H groups in total. The number of hydrazine groups is 1. The van der Waals surface area contributed by atoms with E-state index in [1.165, 1.54) is 36.4 Å². The lowest BCUT2D eigenvalue weighted by Gasteiger charge is -2.13. The van der Waals surface area contributed by atoms with Crippen LogP contribution in [-0.2, 0) is 16.2 Å². The van der Waals surface area contributed by atoms with Gasteiger partial charge in [0, 0.05) is 5.56 Å². The summed E-state index contributed by atoms with van der Waals surface area (Å²) in [5.41, 5.74) is 6.20. The number of aryl methyl sites for hydroxylation is 1. The molecule has 0 atom stereocenters. The fourth-order valence-corrected chi connectivity index (χ4v) is 3.95. The number of alkyl halides is 3. The highest BCUT2D eigenvalue weighted by Gasteiger charge is 2.30. The summed E-state index contributed by atoms with van der Waals surface area (Å²) in [6.07, 6.45) is -4.51. The summed E-state index contributed by atoms with van der Waals surface area (Å²) in [7, 11) is -3.87. The Morgan fingerprint density at radius 2 is 1.56 bits per heavy atom. The molecule has 0 unspecified atom stereocenters. The molecule has 0 aromatic heterocycles. The normalized spacial score (nSPS) is 11.7. The van der Waals surface area contributed by atoms with Crippen LogP contribution >= 0.6 is 0 Å². The summed E-state index contributed by atoms with van der Waals surface area (Å²) in [5.74, 6) is -0.645. The van der Waals surface area contributed by atoms with Gasteiger partial charge in [-0.05, 0) is 73.5 Å². The van der Waals surface area contributed by atoms with E-state index in [2.05, 4.69) is 15.6 Å². The lowest BCUT2D eigenvalue weighted by atomic mass is 10.1. The van der Waals surface area contributed by atoms with Gasteiger partial charge in [-0.1, -0.05) is 18.2 Å². The second kappa shape index (κ2) is 8.91. The van der Waals surface area contributed by atoms with Crippen molar-refractivity contribution < 1.29 is 26.4 Å². The summed E-state index contributed by atoms with van der Waals surface area (Å²) >= 11 is 0. The number of benzene rings is 3. The van der Waals surface area contributed by atoms with E-state index in [1.54, 1.807) is 19.1 Å². The molecule has 0 aliphatic heterocycles. The van der Waals surface area contributed by atoms with E-state index in [4.69, 9.17) is 0 Å². The molecule has 3 aromatic carbocycles. The maximum Gasteiger partial charge on any atom is 0.416 e. The van der Waals surface area contributed by atoms with Crippen molar-refractivity contribution >= 4 is 27.3 Å². The third-order valence-corrected chi connectivity index (χ3v) is 6.17. The summed E-state index contributed by atoms with van der Waals surface area (Å²) < 4.78 is 66.2. The van der Waals surface area contributed by atoms with Gasteiger partial charge in [0.05, 0.1) is 21.8 Å². The topological polar surface area (TPSA) is 87.3 Å². The summed E-state index contributed by atoms with van der Waals surface area (Å²) in [6, 6.07) is 14.8. The molecule has 3 aromatic rings. The van der Waals surface area contributed by atoms with Crippen molar-refractivity contribution in [3.8, 4) is 0 Å². The van der Waals surface area contributed by atoms with E-state index in [9.17, 15) is 26.4 Å². The summed E-state index contributed by atoms with van der Waals surface area (Å²) in [5, 5.41) is 0. The fraction of sp³-hybridized carbons (Fsp3) is 0.136. The van der Waals surface area contributed by atoms with E-state index >= 15 is 0 Å². The Morgan fingerprint density at radius 1 is 0.906 bits per heavy atom. The first-order chi connectivity index (χ1) is 15.0. The van der Waals surface area contributed by atoms with Crippen molar-refractivity contribution in [2.45, 2.75) is 24.9 Å². The van der Waals surface area contributed by atoms with Crippen molar-refractivity contribution in [2.75, 3.05) is 10.1 Å². The molecule has 0 fully saturated rings. The van der Waals surface area contributed by atoms with E-state index < -0.39 is 27.7 Å². The Labute approximate surface area is 183 Å². The minimum atomic E-state index is -4.51. The first-order valence-electron chi connectivity index (χ1n) is 9.40. The van der Waals surface area contributed by atoms with Crippen LogP contribution < -0.4 is 15.6 Å². The number of carbonyl (C=O) groups is 1. The first kappa shape index (κ1) is 23.1. The molecular formula is C22H20F3N3O3S. The van der Waals surface area contributed by atoms with Crippen molar-refractivity contribution in [3.05, 3.63) is 89.0 Å². The number of rotatable bonds is 6. The molecule has 0 heterocycles. The summed E-state index contributed by atoms with van der Waals surface area (Å²) in [4.78, 5) is 12.2. The second-order valence-electron chi connectivity index (χ2n) is 7.04. The van der Waals surface area contributed by atoms with E-state index in [-0.39, 0.29) is 16.1 Å². The quantitative estimate of drug-likeness (QED) is 0.455. The Bertz CT molecular complexity index is 1240. The Kier molecular flexibility index (Phi) is 6.45. The Balaban J connectivity index is 1.68. The lowest BCUT2D eigenvalue weighted by Crippen LogP contribution is -2.29. The molecule has 0 bridgehead atoms. The molecule has 0 spiro atoms. The lowest BCUT2D eigenvalue weighted by molar-refractivity contribution is -0.137. The molecule has 10 heteroatoms. The van der Waals surface area contributed by atoms with Crippen LogP contribution in [0, 0.1) is 13.8 Å². The van der Waals surface area contributed by atoms with E-state index in [0.717, 1.165) is 23.3 Å². The number of hydrogen-bond donors (Lipinski definition) is 3. The van der Waals surface area contributed by atoms with E-state index in [1.807, 2.05) is 13.0 Å². The van der Waals surface area contributed by atoms with Crippen molar-refractivity contribution in [1.29, 1.82) is 0 Å². The van der Waals surface area contributed by atoms with E-state index in [0.29, 0.717) is 5.69 Å². The first-order valence-corrected chi connectivity index (χ1v) is 10.9. The van der Waals surface area contributed by atoms with Crippen LogP contribution in [0.25, 0.3) is 0 Å². The molecule has 6 nitrogen and oxygen atoms in total. The molecule has 0 saturated carbocycles. The van der Waals surface area contributed by atoms with Crippen LogP contribution in [-0.4, -0.2) is 14.3 Å². The second-order valence-corrected chi connectivity index (χ2v) is 8.72. The Hall–Kier alpha value is -3.53. The van der Waals surface area contributed by atoms with Gasteiger partial charge in [-0.25, -0.2) is 8.42 Å². The Morgan fingerprint density at radius 3 is 2.22 bits per heavy atom. The third kappa shape index (κ3) is 5.38. The minimum absolute atomic E-state index is 0.0409. The number of hydrogen-bond acceptors (Lipinski definition) is 4. The highest BCUT2D eigenvalue weighted by molar-refractivity contribution is 7.92. The number of halogens is 3. The monoisotopic (exact) mass is 463 g/mol. The molecule has 168 valence electrons.